The fourth-order valence-corrected chi connectivity index (χ4v) is 4.98. The van der Waals surface area contributed by atoms with E-state index in [2.05, 4.69) is 22.4 Å². The maximum atomic E-state index is 13.3. The molecule has 1 saturated heterocycles. The van der Waals surface area contributed by atoms with Gasteiger partial charge in [0.25, 0.3) is 5.91 Å². The first-order chi connectivity index (χ1) is 17.5. The fourth-order valence-electron chi connectivity index (χ4n) is 4.98. The third-order valence-electron chi connectivity index (χ3n) is 7.23. The highest BCUT2D eigenvalue weighted by Gasteiger charge is 2.32. The molecule has 0 spiro atoms. The van der Waals surface area contributed by atoms with Crippen LogP contribution in [0.1, 0.15) is 59.2 Å². The third-order valence-corrected chi connectivity index (χ3v) is 7.23. The number of imidazole rings is 1. The smallest absolute Gasteiger partial charge is 0.274 e. The van der Waals surface area contributed by atoms with E-state index < -0.39 is 0 Å². The Morgan fingerprint density at radius 2 is 1.81 bits per heavy atom. The van der Waals surface area contributed by atoms with Crippen molar-refractivity contribution in [2.24, 2.45) is 5.92 Å². The second-order valence-electron chi connectivity index (χ2n) is 9.47. The van der Waals surface area contributed by atoms with Crippen molar-refractivity contribution in [3.8, 4) is 5.75 Å². The molecule has 5 rings (SSSR count). The summed E-state index contributed by atoms with van der Waals surface area (Å²) in [5, 5.41) is 3.12. The Morgan fingerprint density at radius 3 is 2.50 bits per heavy atom. The molecule has 2 amide bonds. The number of aromatic nitrogens is 2. The van der Waals surface area contributed by atoms with E-state index in [0.29, 0.717) is 44.8 Å². The average Bonchev–Trinajstić information content (AvgIpc) is 3.36. The molecule has 3 heterocycles. The Labute approximate surface area is 211 Å². The molecule has 0 saturated carbocycles. The molecule has 36 heavy (non-hydrogen) atoms. The minimum absolute atomic E-state index is 0.0325. The van der Waals surface area contributed by atoms with Gasteiger partial charge in [-0.2, -0.15) is 0 Å². The molecule has 2 aromatic carbocycles. The van der Waals surface area contributed by atoms with E-state index in [-0.39, 0.29) is 29.9 Å². The molecule has 1 aromatic heterocycles. The molecule has 2 atom stereocenters. The number of rotatable bonds is 6. The van der Waals surface area contributed by atoms with Crippen LogP contribution in [0.5, 0.6) is 5.75 Å². The number of methoxy groups -OCH3 is 1. The quantitative estimate of drug-likeness (QED) is 0.569. The standard InChI is InChI=1S/C28H32N4O4/c1-19(20-8-10-23(35-2)11-9-20)30-27(33)22-12-14-31(15-13-22)28(34)26-24-17-36-25(16-32(24)18-29-26)21-6-4-3-5-7-21/h3-11,18-19,22,25H,12-17H2,1-2H3,(H,30,33)/t19-,25-/m0/s1. The number of hydrogen-bond acceptors (Lipinski definition) is 5. The highest BCUT2D eigenvalue weighted by molar-refractivity contribution is 5.93. The Balaban J connectivity index is 1.15. The molecule has 0 bridgehead atoms. The van der Waals surface area contributed by atoms with E-state index in [4.69, 9.17) is 9.47 Å². The van der Waals surface area contributed by atoms with Crippen LogP contribution in [0.2, 0.25) is 0 Å². The van der Waals surface area contributed by atoms with E-state index in [1.807, 2.05) is 58.9 Å². The molecular formula is C28H32N4O4. The Kier molecular flexibility index (Phi) is 7.04. The summed E-state index contributed by atoms with van der Waals surface area (Å²) in [6.45, 7) is 4.03. The van der Waals surface area contributed by atoms with Gasteiger partial charge in [0.2, 0.25) is 5.91 Å². The summed E-state index contributed by atoms with van der Waals surface area (Å²) in [5.41, 5.74) is 3.42. The van der Waals surface area contributed by atoms with Crippen molar-refractivity contribution in [3.63, 3.8) is 0 Å². The van der Waals surface area contributed by atoms with Crippen LogP contribution in [-0.4, -0.2) is 46.5 Å². The van der Waals surface area contributed by atoms with Gasteiger partial charge in [0.05, 0.1) is 38.3 Å². The van der Waals surface area contributed by atoms with Crippen molar-refractivity contribution in [1.82, 2.24) is 19.8 Å². The van der Waals surface area contributed by atoms with Gasteiger partial charge in [0, 0.05) is 19.0 Å². The first-order valence-electron chi connectivity index (χ1n) is 12.5. The summed E-state index contributed by atoms with van der Waals surface area (Å²) in [5.74, 6) is 0.623. The summed E-state index contributed by atoms with van der Waals surface area (Å²) < 4.78 is 13.3. The van der Waals surface area contributed by atoms with Gasteiger partial charge in [-0.15, -0.1) is 0 Å². The normalized spacial score (nSPS) is 18.8. The van der Waals surface area contributed by atoms with E-state index in [1.165, 1.54) is 0 Å². The molecule has 0 unspecified atom stereocenters. The van der Waals surface area contributed by atoms with Crippen LogP contribution in [0.3, 0.4) is 0 Å². The second kappa shape index (κ2) is 10.5. The van der Waals surface area contributed by atoms with Gasteiger partial charge in [-0.05, 0) is 43.0 Å². The number of benzene rings is 2. The Hall–Kier alpha value is -3.65. The average molecular weight is 489 g/mol. The van der Waals surface area contributed by atoms with E-state index in [9.17, 15) is 9.59 Å². The minimum Gasteiger partial charge on any atom is -0.497 e. The van der Waals surface area contributed by atoms with Crippen LogP contribution in [0.25, 0.3) is 0 Å². The van der Waals surface area contributed by atoms with Crippen molar-refractivity contribution in [1.29, 1.82) is 0 Å². The van der Waals surface area contributed by atoms with Gasteiger partial charge in [0.15, 0.2) is 5.69 Å². The monoisotopic (exact) mass is 488 g/mol. The molecule has 8 nitrogen and oxygen atoms in total. The topological polar surface area (TPSA) is 85.7 Å². The first kappa shape index (κ1) is 24.1. The van der Waals surface area contributed by atoms with Crippen molar-refractivity contribution < 1.29 is 19.1 Å². The number of hydrogen-bond donors (Lipinski definition) is 1. The van der Waals surface area contributed by atoms with Crippen LogP contribution in [0.15, 0.2) is 60.9 Å². The zero-order valence-corrected chi connectivity index (χ0v) is 20.7. The second-order valence-corrected chi connectivity index (χ2v) is 9.47. The molecule has 3 aromatic rings. The van der Waals surface area contributed by atoms with Crippen LogP contribution in [-0.2, 0) is 22.7 Å². The number of likely N-dealkylation sites (tertiary alicyclic amines) is 1. The van der Waals surface area contributed by atoms with Crippen LogP contribution in [0.4, 0.5) is 0 Å². The molecule has 188 valence electrons. The molecule has 1 N–H and O–H groups in total. The number of amides is 2. The number of piperidine rings is 1. The lowest BCUT2D eigenvalue weighted by molar-refractivity contribution is -0.127. The number of carbonyl (C=O) groups excluding carboxylic acids is 2. The lowest BCUT2D eigenvalue weighted by atomic mass is 9.95. The van der Waals surface area contributed by atoms with Gasteiger partial charge in [-0.3, -0.25) is 9.59 Å². The minimum atomic E-state index is -0.111. The largest absolute Gasteiger partial charge is 0.497 e. The summed E-state index contributed by atoms with van der Waals surface area (Å²) in [6.07, 6.45) is 2.96. The summed E-state index contributed by atoms with van der Waals surface area (Å²) >= 11 is 0. The number of nitrogens with one attached hydrogen (secondary N) is 1. The predicted molar refractivity (Wildman–Crippen MR) is 134 cm³/mol. The van der Waals surface area contributed by atoms with Gasteiger partial charge in [-0.25, -0.2) is 4.98 Å². The molecule has 8 heteroatoms. The van der Waals surface area contributed by atoms with E-state index >= 15 is 0 Å². The highest BCUT2D eigenvalue weighted by Crippen LogP contribution is 2.29. The molecule has 0 aliphatic carbocycles. The Morgan fingerprint density at radius 1 is 1.08 bits per heavy atom. The maximum Gasteiger partial charge on any atom is 0.274 e. The molecule has 2 aliphatic rings. The number of fused-ring (bicyclic) bond motifs is 1. The maximum absolute atomic E-state index is 13.3. The van der Waals surface area contributed by atoms with Crippen molar-refractivity contribution in [2.75, 3.05) is 20.2 Å². The lowest BCUT2D eigenvalue weighted by Crippen LogP contribution is -2.43. The van der Waals surface area contributed by atoms with Gasteiger partial charge in [0.1, 0.15) is 11.9 Å². The first-order valence-corrected chi connectivity index (χ1v) is 12.5. The zero-order chi connectivity index (χ0) is 25.1. The number of carbonyl (C=O) groups is 2. The molecule has 0 radical (unpaired) electrons. The summed E-state index contributed by atoms with van der Waals surface area (Å²) in [7, 11) is 1.63. The fraction of sp³-hybridized carbons (Fsp3) is 0.393. The van der Waals surface area contributed by atoms with Gasteiger partial charge >= 0.3 is 0 Å². The van der Waals surface area contributed by atoms with Crippen LogP contribution >= 0.6 is 0 Å². The van der Waals surface area contributed by atoms with Gasteiger partial charge < -0.3 is 24.3 Å². The number of ether oxygens (including phenoxy) is 2. The third kappa shape index (κ3) is 4.99. The van der Waals surface area contributed by atoms with Crippen molar-refractivity contribution in [3.05, 3.63) is 83.4 Å². The van der Waals surface area contributed by atoms with Gasteiger partial charge in [-0.1, -0.05) is 42.5 Å². The van der Waals surface area contributed by atoms with E-state index in [1.54, 1.807) is 13.4 Å². The lowest BCUT2D eigenvalue weighted by Gasteiger charge is -2.32. The number of nitrogens with zero attached hydrogens (tertiary/aromatic N) is 3. The zero-order valence-electron chi connectivity index (χ0n) is 20.7. The van der Waals surface area contributed by atoms with Crippen LogP contribution in [0, 0.1) is 5.92 Å². The predicted octanol–water partition coefficient (Wildman–Crippen LogP) is 3.89. The Bertz CT molecular complexity index is 1200. The summed E-state index contributed by atoms with van der Waals surface area (Å²) in [6, 6.07) is 17.7. The van der Waals surface area contributed by atoms with Crippen molar-refractivity contribution in [2.45, 2.75) is 45.1 Å². The SMILES string of the molecule is COc1ccc([C@H](C)NC(=O)C2CCN(C(=O)c3ncn4c3CO[C@H](c3ccccc3)C4)CC2)cc1. The van der Waals surface area contributed by atoms with Crippen LogP contribution < -0.4 is 10.1 Å². The van der Waals surface area contributed by atoms with E-state index in [0.717, 1.165) is 22.6 Å². The molecular weight excluding hydrogens is 456 g/mol. The highest BCUT2D eigenvalue weighted by atomic mass is 16.5. The molecule has 1 fully saturated rings. The van der Waals surface area contributed by atoms with Crippen molar-refractivity contribution >= 4 is 11.8 Å². The summed E-state index contributed by atoms with van der Waals surface area (Å²) in [4.78, 5) is 32.4. The molecule has 2 aliphatic heterocycles.